The minimum atomic E-state index is -3.27. The Bertz CT molecular complexity index is 466. The fourth-order valence-electron chi connectivity index (χ4n) is 1.35. The standard InChI is InChI=1S/C11H17NO3S/c1-8(2)9-5-6-10(11(7-9)15-3)12-16(4,13)14/h5-8,12H,1-4H3. The Morgan fingerprint density at radius 3 is 2.38 bits per heavy atom. The van der Waals surface area contributed by atoms with Crippen LogP contribution in [0.5, 0.6) is 5.75 Å². The average Bonchev–Trinajstić information content (AvgIpc) is 2.15. The molecule has 0 aromatic heterocycles. The summed E-state index contributed by atoms with van der Waals surface area (Å²) in [5, 5.41) is 0. The van der Waals surface area contributed by atoms with Crippen molar-refractivity contribution in [3.05, 3.63) is 23.8 Å². The number of methoxy groups -OCH3 is 1. The molecule has 0 spiro atoms. The predicted molar refractivity (Wildman–Crippen MR) is 65.5 cm³/mol. The maximum atomic E-state index is 11.1. The van der Waals surface area contributed by atoms with Crippen LogP contribution in [-0.4, -0.2) is 21.8 Å². The molecule has 5 heteroatoms. The van der Waals surface area contributed by atoms with Crippen LogP contribution in [0.1, 0.15) is 25.3 Å². The van der Waals surface area contributed by atoms with Gasteiger partial charge in [0.25, 0.3) is 0 Å². The number of hydrogen-bond donors (Lipinski definition) is 1. The van der Waals surface area contributed by atoms with Gasteiger partial charge in [-0.1, -0.05) is 19.9 Å². The Morgan fingerprint density at radius 2 is 1.94 bits per heavy atom. The summed E-state index contributed by atoms with van der Waals surface area (Å²) in [6.45, 7) is 4.14. The molecular weight excluding hydrogens is 226 g/mol. The van der Waals surface area contributed by atoms with Gasteiger partial charge in [0, 0.05) is 0 Å². The zero-order chi connectivity index (χ0) is 12.3. The van der Waals surface area contributed by atoms with E-state index in [1.165, 1.54) is 7.11 Å². The highest BCUT2D eigenvalue weighted by molar-refractivity contribution is 7.92. The minimum absolute atomic E-state index is 0.376. The molecule has 0 saturated heterocycles. The number of hydrogen-bond acceptors (Lipinski definition) is 3. The van der Waals surface area contributed by atoms with E-state index in [4.69, 9.17) is 4.74 Å². The van der Waals surface area contributed by atoms with Gasteiger partial charge in [0.1, 0.15) is 5.75 Å². The third-order valence-corrected chi connectivity index (χ3v) is 2.78. The lowest BCUT2D eigenvalue weighted by molar-refractivity contribution is 0.416. The summed E-state index contributed by atoms with van der Waals surface area (Å²) in [5.41, 5.74) is 1.57. The highest BCUT2D eigenvalue weighted by Gasteiger charge is 2.10. The van der Waals surface area contributed by atoms with E-state index in [1.807, 2.05) is 12.1 Å². The van der Waals surface area contributed by atoms with Crippen molar-refractivity contribution in [2.75, 3.05) is 18.1 Å². The van der Waals surface area contributed by atoms with Crippen LogP contribution in [0.25, 0.3) is 0 Å². The van der Waals surface area contributed by atoms with Crippen LogP contribution in [0, 0.1) is 0 Å². The van der Waals surface area contributed by atoms with Crippen molar-refractivity contribution >= 4 is 15.7 Å². The Kier molecular flexibility index (Phi) is 3.80. The maximum absolute atomic E-state index is 11.1. The van der Waals surface area contributed by atoms with Crippen LogP contribution in [-0.2, 0) is 10.0 Å². The molecule has 1 aromatic rings. The lowest BCUT2D eigenvalue weighted by Crippen LogP contribution is -2.10. The molecule has 0 atom stereocenters. The van der Waals surface area contributed by atoms with Crippen molar-refractivity contribution in [1.82, 2.24) is 0 Å². The molecular formula is C11H17NO3S. The molecule has 1 aromatic carbocycles. The summed E-state index contributed by atoms with van der Waals surface area (Å²) >= 11 is 0. The molecule has 0 saturated carbocycles. The Hall–Kier alpha value is -1.23. The molecule has 90 valence electrons. The first-order valence-corrected chi connectivity index (χ1v) is 6.88. The fourth-order valence-corrected chi connectivity index (χ4v) is 1.92. The van der Waals surface area contributed by atoms with E-state index in [1.54, 1.807) is 6.07 Å². The summed E-state index contributed by atoms with van der Waals surface area (Å²) in [7, 11) is -1.75. The molecule has 0 aliphatic carbocycles. The molecule has 0 unspecified atom stereocenters. The van der Waals surface area contributed by atoms with Gasteiger partial charge in [-0.05, 0) is 23.6 Å². The summed E-state index contributed by atoms with van der Waals surface area (Å²) in [5.74, 6) is 0.915. The van der Waals surface area contributed by atoms with Gasteiger partial charge in [0.15, 0.2) is 0 Å². The van der Waals surface area contributed by atoms with Crippen molar-refractivity contribution in [2.24, 2.45) is 0 Å². The lowest BCUT2D eigenvalue weighted by Gasteiger charge is -2.13. The van der Waals surface area contributed by atoms with Gasteiger partial charge in [-0.2, -0.15) is 0 Å². The number of rotatable bonds is 4. The Labute approximate surface area is 96.7 Å². The summed E-state index contributed by atoms with van der Waals surface area (Å²) < 4.78 is 29.8. The third-order valence-electron chi connectivity index (χ3n) is 2.19. The van der Waals surface area contributed by atoms with Crippen molar-refractivity contribution in [1.29, 1.82) is 0 Å². The first-order chi connectivity index (χ1) is 7.33. The van der Waals surface area contributed by atoms with E-state index in [0.29, 0.717) is 17.4 Å². The topological polar surface area (TPSA) is 55.4 Å². The second-order valence-corrected chi connectivity index (χ2v) is 5.74. The number of sulfonamides is 1. The second-order valence-electron chi connectivity index (χ2n) is 3.99. The Morgan fingerprint density at radius 1 is 1.31 bits per heavy atom. The zero-order valence-corrected chi connectivity index (χ0v) is 10.8. The Balaban J connectivity index is 3.12. The molecule has 4 nitrogen and oxygen atoms in total. The second kappa shape index (κ2) is 4.74. The van der Waals surface area contributed by atoms with Crippen LogP contribution in [0.2, 0.25) is 0 Å². The highest BCUT2D eigenvalue weighted by atomic mass is 32.2. The smallest absolute Gasteiger partial charge is 0.229 e. The van der Waals surface area contributed by atoms with E-state index >= 15 is 0 Å². The minimum Gasteiger partial charge on any atom is -0.495 e. The van der Waals surface area contributed by atoms with E-state index < -0.39 is 10.0 Å². The van der Waals surface area contributed by atoms with Gasteiger partial charge in [0.2, 0.25) is 10.0 Å². The molecule has 0 heterocycles. The van der Waals surface area contributed by atoms with Gasteiger partial charge in [-0.15, -0.1) is 0 Å². The van der Waals surface area contributed by atoms with E-state index in [0.717, 1.165) is 11.8 Å². The molecule has 0 fully saturated rings. The largest absolute Gasteiger partial charge is 0.495 e. The molecule has 0 amide bonds. The summed E-state index contributed by atoms with van der Waals surface area (Å²) in [6, 6.07) is 5.45. The van der Waals surface area contributed by atoms with Gasteiger partial charge >= 0.3 is 0 Å². The molecule has 1 rings (SSSR count). The van der Waals surface area contributed by atoms with Crippen molar-refractivity contribution in [3.63, 3.8) is 0 Å². The number of nitrogens with one attached hydrogen (secondary N) is 1. The molecule has 0 aliphatic heterocycles. The number of anilines is 1. The first-order valence-electron chi connectivity index (χ1n) is 4.99. The number of ether oxygens (including phenoxy) is 1. The summed E-state index contributed by atoms with van der Waals surface area (Å²) in [4.78, 5) is 0. The quantitative estimate of drug-likeness (QED) is 0.882. The maximum Gasteiger partial charge on any atom is 0.229 e. The highest BCUT2D eigenvalue weighted by Crippen LogP contribution is 2.29. The van der Waals surface area contributed by atoms with Gasteiger partial charge < -0.3 is 4.74 Å². The van der Waals surface area contributed by atoms with Crippen molar-refractivity contribution in [2.45, 2.75) is 19.8 Å². The first kappa shape index (κ1) is 12.8. The SMILES string of the molecule is COc1cc(C(C)C)ccc1NS(C)(=O)=O. The van der Waals surface area contributed by atoms with Crippen LogP contribution >= 0.6 is 0 Å². The van der Waals surface area contributed by atoms with Crippen LogP contribution in [0.4, 0.5) is 5.69 Å². The van der Waals surface area contributed by atoms with Crippen LogP contribution < -0.4 is 9.46 Å². The lowest BCUT2D eigenvalue weighted by atomic mass is 10.0. The normalized spacial score (nSPS) is 11.6. The molecule has 0 radical (unpaired) electrons. The van der Waals surface area contributed by atoms with Gasteiger partial charge in [-0.25, -0.2) is 8.42 Å². The molecule has 0 aliphatic rings. The van der Waals surface area contributed by atoms with E-state index in [9.17, 15) is 8.42 Å². The number of benzene rings is 1. The molecule has 0 bridgehead atoms. The van der Waals surface area contributed by atoms with Crippen LogP contribution in [0.3, 0.4) is 0 Å². The molecule has 1 N–H and O–H groups in total. The monoisotopic (exact) mass is 243 g/mol. The van der Waals surface area contributed by atoms with Crippen molar-refractivity contribution < 1.29 is 13.2 Å². The average molecular weight is 243 g/mol. The summed E-state index contributed by atoms with van der Waals surface area (Å²) in [6.07, 6.45) is 1.11. The molecule has 16 heavy (non-hydrogen) atoms. The van der Waals surface area contributed by atoms with Gasteiger partial charge in [-0.3, -0.25) is 4.72 Å². The van der Waals surface area contributed by atoms with Crippen molar-refractivity contribution in [3.8, 4) is 5.75 Å². The van der Waals surface area contributed by atoms with E-state index in [2.05, 4.69) is 18.6 Å². The van der Waals surface area contributed by atoms with E-state index in [-0.39, 0.29) is 0 Å². The third kappa shape index (κ3) is 3.41. The van der Waals surface area contributed by atoms with Gasteiger partial charge in [0.05, 0.1) is 19.1 Å². The van der Waals surface area contributed by atoms with Crippen LogP contribution in [0.15, 0.2) is 18.2 Å². The zero-order valence-electron chi connectivity index (χ0n) is 9.94. The fraction of sp³-hybridized carbons (Fsp3) is 0.455. The predicted octanol–water partition coefficient (Wildman–Crippen LogP) is 2.19.